The number of benzene rings is 1. The second-order valence-electron chi connectivity index (χ2n) is 7.96. The average Bonchev–Trinajstić information content (AvgIpc) is 3.27. The topological polar surface area (TPSA) is 173 Å². The fourth-order valence-corrected chi connectivity index (χ4v) is 3.97. The van der Waals surface area contributed by atoms with Crippen LogP contribution < -0.4 is 20.5 Å². The molecule has 0 saturated heterocycles. The van der Waals surface area contributed by atoms with Crippen LogP contribution in [0.15, 0.2) is 38.2 Å². The minimum atomic E-state index is -4.29. The maximum absolute atomic E-state index is 13.6. The van der Waals surface area contributed by atoms with Crippen molar-refractivity contribution >= 4 is 38.1 Å². The van der Waals surface area contributed by atoms with Gasteiger partial charge in [-0.05, 0) is 61.8 Å². The zero-order chi connectivity index (χ0) is 25.3. The van der Waals surface area contributed by atoms with E-state index in [-0.39, 0.29) is 27.4 Å². The first-order valence-corrected chi connectivity index (χ1v) is 11.9. The van der Waals surface area contributed by atoms with Gasteiger partial charge in [-0.15, -0.1) is 0 Å². The first kappa shape index (κ1) is 25.4. The predicted molar refractivity (Wildman–Crippen MR) is 122 cm³/mol. The number of amides is 1. The Hall–Kier alpha value is -3.24. The summed E-state index contributed by atoms with van der Waals surface area (Å²) in [5, 5.41) is 13.1. The van der Waals surface area contributed by atoms with Gasteiger partial charge in [0.1, 0.15) is 17.2 Å². The van der Waals surface area contributed by atoms with E-state index in [2.05, 4.69) is 41.3 Å². The Kier molecular flexibility index (Phi) is 7.13. The summed E-state index contributed by atoms with van der Waals surface area (Å²) in [4.78, 5) is 24.0. The molecule has 16 heteroatoms. The lowest BCUT2D eigenvalue weighted by Gasteiger charge is -2.21. The molecule has 0 radical (unpaired) electrons. The first-order valence-electron chi connectivity index (χ1n) is 9.63. The summed E-state index contributed by atoms with van der Waals surface area (Å²) in [6.45, 7) is 6.21. The lowest BCUT2D eigenvalue weighted by Crippen LogP contribution is -2.48. The Bertz CT molecular complexity index is 1360. The van der Waals surface area contributed by atoms with Gasteiger partial charge in [-0.25, -0.2) is 23.3 Å². The molecule has 1 amide bonds. The quantitative estimate of drug-likeness (QED) is 0.315. The Morgan fingerprint density at radius 1 is 1.35 bits per heavy atom. The third-order valence-corrected chi connectivity index (χ3v) is 5.66. The van der Waals surface area contributed by atoms with Crippen molar-refractivity contribution in [2.24, 2.45) is 0 Å². The molecule has 1 atom stereocenters. The maximum atomic E-state index is 13.6. The Morgan fingerprint density at radius 3 is 2.71 bits per heavy atom. The van der Waals surface area contributed by atoms with Crippen LogP contribution in [0.2, 0.25) is 0 Å². The third kappa shape index (κ3) is 6.21. The fraction of sp³-hybridized carbons (Fsp3) is 0.333. The number of aromatic nitrogens is 4. The molecule has 0 bridgehead atoms. The number of hydrogen-bond donors (Lipinski definition) is 4. The van der Waals surface area contributed by atoms with Gasteiger partial charge in [0.2, 0.25) is 0 Å². The lowest BCUT2D eigenvalue weighted by atomic mass is 10.2. The fourth-order valence-electron chi connectivity index (χ4n) is 2.75. The third-order valence-electron chi connectivity index (χ3n) is 3.96. The Labute approximate surface area is 201 Å². The first-order chi connectivity index (χ1) is 15.8. The van der Waals surface area contributed by atoms with Gasteiger partial charge in [0.15, 0.2) is 5.82 Å². The van der Waals surface area contributed by atoms with Crippen molar-refractivity contribution < 1.29 is 26.9 Å². The van der Waals surface area contributed by atoms with Gasteiger partial charge < -0.3 is 10.1 Å². The molecule has 4 N–H and O–H groups in total. The van der Waals surface area contributed by atoms with E-state index in [0.29, 0.717) is 0 Å². The minimum absolute atomic E-state index is 0.0155. The van der Waals surface area contributed by atoms with Crippen molar-refractivity contribution in [1.29, 1.82) is 0 Å². The second kappa shape index (κ2) is 9.55. The van der Waals surface area contributed by atoms with Gasteiger partial charge >= 0.3 is 22.1 Å². The summed E-state index contributed by atoms with van der Waals surface area (Å²) < 4.78 is 52.9. The molecular weight excluding hydrogens is 541 g/mol. The van der Waals surface area contributed by atoms with E-state index >= 15 is 0 Å². The summed E-state index contributed by atoms with van der Waals surface area (Å²) in [7, 11) is -4.29. The number of aromatic amines is 1. The predicted octanol–water partition coefficient (Wildman–Crippen LogP) is 2.23. The SMILES string of the molecule is CC(Nc1[nH]ncc1-c1noc(=O)n1-c1ccc(F)c(Br)c1)NS(=O)(=O)NC(=O)OC(C)(C)C. The van der Waals surface area contributed by atoms with E-state index < -0.39 is 39.6 Å². The summed E-state index contributed by atoms with van der Waals surface area (Å²) >= 11 is 3.06. The van der Waals surface area contributed by atoms with Crippen LogP contribution in [0, 0.1) is 5.82 Å². The van der Waals surface area contributed by atoms with Gasteiger partial charge in [0, 0.05) is 0 Å². The van der Waals surface area contributed by atoms with E-state index in [9.17, 15) is 22.4 Å². The zero-order valence-electron chi connectivity index (χ0n) is 18.3. The number of anilines is 1. The molecule has 0 aliphatic carbocycles. The van der Waals surface area contributed by atoms with Gasteiger partial charge in [0.05, 0.1) is 28.1 Å². The van der Waals surface area contributed by atoms with E-state index in [4.69, 9.17) is 9.26 Å². The van der Waals surface area contributed by atoms with Crippen LogP contribution >= 0.6 is 15.9 Å². The lowest BCUT2D eigenvalue weighted by molar-refractivity contribution is 0.0569. The van der Waals surface area contributed by atoms with E-state index in [1.165, 1.54) is 25.3 Å². The smallest absolute Gasteiger partial charge is 0.443 e. The molecule has 0 aliphatic heterocycles. The number of hydrogen-bond acceptors (Lipinski definition) is 9. The number of nitrogens with one attached hydrogen (secondary N) is 4. The van der Waals surface area contributed by atoms with Crippen molar-refractivity contribution in [1.82, 2.24) is 29.4 Å². The van der Waals surface area contributed by atoms with Crippen LogP contribution in [0.25, 0.3) is 17.1 Å². The highest BCUT2D eigenvalue weighted by molar-refractivity contribution is 9.10. The van der Waals surface area contributed by atoms with Crippen LogP contribution in [0.3, 0.4) is 0 Å². The molecule has 0 aliphatic rings. The maximum Gasteiger partial charge on any atom is 0.446 e. The number of nitrogens with zero attached hydrogens (tertiary/aromatic N) is 3. The number of carbonyl (C=O) groups excluding carboxylic acids is 1. The molecular formula is C18H21BrFN7O6S. The molecule has 0 saturated carbocycles. The summed E-state index contributed by atoms with van der Waals surface area (Å²) in [6.07, 6.45) is -0.785. The van der Waals surface area contributed by atoms with E-state index in [1.807, 2.05) is 0 Å². The largest absolute Gasteiger partial charge is 0.446 e. The Morgan fingerprint density at radius 2 is 2.06 bits per heavy atom. The Balaban J connectivity index is 1.80. The number of halogens is 2. The minimum Gasteiger partial charge on any atom is -0.443 e. The summed E-state index contributed by atoms with van der Waals surface area (Å²) in [6, 6.07) is 3.88. The van der Waals surface area contributed by atoms with Crippen molar-refractivity contribution in [2.45, 2.75) is 39.5 Å². The van der Waals surface area contributed by atoms with Gasteiger partial charge in [-0.1, -0.05) is 5.16 Å². The van der Waals surface area contributed by atoms with Crippen LogP contribution in [-0.4, -0.2) is 46.2 Å². The van der Waals surface area contributed by atoms with Crippen molar-refractivity contribution in [3.8, 4) is 17.1 Å². The van der Waals surface area contributed by atoms with Crippen molar-refractivity contribution in [3.63, 3.8) is 0 Å². The molecule has 3 rings (SSSR count). The zero-order valence-corrected chi connectivity index (χ0v) is 20.7. The molecule has 13 nitrogen and oxygen atoms in total. The normalized spacial score (nSPS) is 12.9. The van der Waals surface area contributed by atoms with Crippen LogP contribution in [-0.2, 0) is 14.9 Å². The highest BCUT2D eigenvalue weighted by atomic mass is 79.9. The number of ether oxygens (including phenoxy) is 1. The number of rotatable bonds is 7. The highest BCUT2D eigenvalue weighted by Gasteiger charge is 2.24. The standard InChI is InChI=1S/C18H21BrFN7O6S/c1-9(25-34(30,31)26-16(28)32-18(2,3)4)22-14-11(8-21-23-14)15-24-33-17(29)27(15)10-5-6-13(20)12(19)7-10/h5-9,25H,1-4H3,(H,26,28)(H2,21,22,23). The van der Waals surface area contributed by atoms with Crippen molar-refractivity contribution in [2.75, 3.05) is 5.32 Å². The van der Waals surface area contributed by atoms with Crippen LogP contribution in [0.5, 0.6) is 0 Å². The van der Waals surface area contributed by atoms with Crippen LogP contribution in [0.1, 0.15) is 27.7 Å². The monoisotopic (exact) mass is 561 g/mol. The molecule has 1 aromatic carbocycles. The van der Waals surface area contributed by atoms with E-state index in [0.717, 1.165) is 10.6 Å². The average molecular weight is 562 g/mol. The summed E-state index contributed by atoms with van der Waals surface area (Å²) in [5.74, 6) is -1.17. The molecule has 2 aromatic heterocycles. The van der Waals surface area contributed by atoms with Gasteiger partial charge in [-0.2, -0.15) is 18.2 Å². The van der Waals surface area contributed by atoms with E-state index in [1.54, 1.807) is 25.5 Å². The molecule has 34 heavy (non-hydrogen) atoms. The molecule has 0 spiro atoms. The molecule has 3 aromatic rings. The molecule has 2 heterocycles. The van der Waals surface area contributed by atoms with Crippen LogP contribution in [0.4, 0.5) is 15.0 Å². The molecule has 0 fully saturated rings. The van der Waals surface area contributed by atoms with Gasteiger partial charge in [0.25, 0.3) is 0 Å². The van der Waals surface area contributed by atoms with Crippen molar-refractivity contribution in [3.05, 3.63) is 45.2 Å². The number of H-pyrrole nitrogens is 1. The van der Waals surface area contributed by atoms with Gasteiger partial charge in [-0.3, -0.25) is 9.62 Å². The number of carbonyl (C=O) groups is 1. The summed E-state index contributed by atoms with van der Waals surface area (Å²) in [5.41, 5.74) is -0.378. The molecule has 184 valence electrons. The molecule has 1 unspecified atom stereocenters. The second-order valence-corrected chi connectivity index (χ2v) is 10.3. The highest BCUT2D eigenvalue weighted by Crippen LogP contribution is 2.27.